The van der Waals surface area contributed by atoms with Crippen LogP contribution in [0.1, 0.15) is 18.7 Å². The molecule has 6 heteroatoms. The molecule has 1 amide bonds. The third-order valence-electron chi connectivity index (χ3n) is 4.13. The van der Waals surface area contributed by atoms with Crippen LogP contribution in [-0.2, 0) is 9.53 Å². The van der Waals surface area contributed by atoms with E-state index in [9.17, 15) is 4.79 Å². The average molecular weight is 293 g/mol. The molecule has 1 aromatic heterocycles. The maximum atomic E-state index is 13.0. The van der Waals surface area contributed by atoms with Gasteiger partial charge in [-0.3, -0.25) is 9.69 Å². The van der Waals surface area contributed by atoms with Crippen LogP contribution in [0.3, 0.4) is 0 Å². The van der Waals surface area contributed by atoms with Crippen molar-refractivity contribution >= 4 is 5.91 Å². The Labute approximate surface area is 125 Å². The number of carbonyl (C=O) groups excluding carboxylic acids is 1. The Kier molecular flexibility index (Phi) is 4.57. The molecule has 1 aromatic rings. The maximum absolute atomic E-state index is 13.0. The van der Waals surface area contributed by atoms with Crippen LogP contribution in [0.2, 0.25) is 0 Å². The molecular weight excluding hydrogens is 270 g/mol. The number of rotatable bonds is 3. The summed E-state index contributed by atoms with van der Waals surface area (Å²) >= 11 is 0. The van der Waals surface area contributed by atoms with Gasteiger partial charge in [-0.05, 0) is 19.1 Å². The minimum atomic E-state index is -0.317. The molecule has 0 aliphatic carbocycles. The molecule has 0 aromatic carbocycles. The minimum Gasteiger partial charge on any atom is -0.467 e. The number of ether oxygens (including phenoxy) is 1. The van der Waals surface area contributed by atoms with Crippen molar-refractivity contribution in [3.05, 3.63) is 24.2 Å². The number of furan rings is 1. The highest BCUT2D eigenvalue weighted by atomic mass is 16.5. The molecule has 0 bridgehead atoms. The van der Waals surface area contributed by atoms with E-state index in [1.165, 1.54) is 0 Å². The van der Waals surface area contributed by atoms with E-state index in [0.29, 0.717) is 32.3 Å². The first-order valence-electron chi connectivity index (χ1n) is 7.63. The van der Waals surface area contributed by atoms with Crippen LogP contribution >= 0.6 is 0 Å². The van der Waals surface area contributed by atoms with Crippen molar-refractivity contribution in [3.63, 3.8) is 0 Å². The lowest BCUT2D eigenvalue weighted by molar-refractivity contribution is -0.142. The van der Waals surface area contributed by atoms with Gasteiger partial charge < -0.3 is 19.4 Å². The first-order valence-corrected chi connectivity index (χ1v) is 7.63. The van der Waals surface area contributed by atoms with Gasteiger partial charge in [-0.2, -0.15) is 0 Å². The summed E-state index contributed by atoms with van der Waals surface area (Å²) in [5.74, 6) is 0.864. The highest BCUT2D eigenvalue weighted by Gasteiger charge is 2.35. The van der Waals surface area contributed by atoms with E-state index >= 15 is 0 Å². The van der Waals surface area contributed by atoms with Crippen molar-refractivity contribution in [3.8, 4) is 0 Å². The fourth-order valence-corrected chi connectivity index (χ4v) is 3.06. The van der Waals surface area contributed by atoms with Gasteiger partial charge in [0.25, 0.3) is 0 Å². The monoisotopic (exact) mass is 293 g/mol. The molecule has 116 valence electrons. The molecule has 2 unspecified atom stereocenters. The van der Waals surface area contributed by atoms with Crippen molar-refractivity contribution in [2.45, 2.75) is 19.0 Å². The number of hydrogen-bond donors (Lipinski definition) is 1. The van der Waals surface area contributed by atoms with E-state index < -0.39 is 0 Å². The highest BCUT2D eigenvalue weighted by molar-refractivity contribution is 5.82. The van der Waals surface area contributed by atoms with Crippen LogP contribution in [0.15, 0.2) is 22.8 Å². The first-order chi connectivity index (χ1) is 10.3. The summed E-state index contributed by atoms with van der Waals surface area (Å²) in [5, 5.41) is 3.41. The molecule has 2 fully saturated rings. The van der Waals surface area contributed by atoms with Gasteiger partial charge >= 0.3 is 0 Å². The Morgan fingerprint density at radius 2 is 2.19 bits per heavy atom. The van der Waals surface area contributed by atoms with Crippen LogP contribution in [0.4, 0.5) is 0 Å². The van der Waals surface area contributed by atoms with Crippen molar-refractivity contribution in [1.82, 2.24) is 15.1 Å². The highest BCUT2D eigenvalue weighted by Crippen LogP contribution is 2.25. The smallest absolute Gasteiger partial charge is 0.247 e. The zero-order valence-corrected chi connectivity index (χ0v) is 12.5. The van der Waals surface area contributed by atoms with Gasteiger partial charge in [-0.25, -0.2) is 0 Å². The molecule has 6 nitrogen and oxygen atoms in total. The van der Waals surface area contributed by atoms with Crippen LogP contribution in [0, 0.1) is 0 Å². The molecule has 0 saturated carbocycles. The number of carbonyl (C=O) groups is 1. The SMILES string of the molecule is CC1CN(C(C(=O)N2CCOCC2)c2ccco2)CCN1. The largest absolute Gasteiger partial charge is 0.467 e. The van der Waals surface area contributed by atoms with Gasteiger partial charge in [0.2, 0.25) is 5.91 Å². The third-order valence-corrected chi connectivity index (χ3v) is 4.13. The number of nitrogens with one attached hydrogen (secondary N) is 1. The van der Waals surface area contributed by atoms with Gasteiger partial charge in [0, 0.05) is 38.8 Å². The second-order valence-electron chi connectivity index (χ2n) is 5.71. The third kappa shape index (κ3) is 3.28. The molecule has 2 aliphatic heterocycles. The molecule has 0 radical (unpaired) electrons. The Balaban J connectivity index is 1.80. The summed E-state index contributed by atoms with van der Waals surface area (Å²) in [5.41, 5.74) is 0. The van der Waals surface area contributed by atoms with Crippen LogP contribution in [0.25, 0.3) is 0 Å². The van der Waals surface area contributed by atoms with Gasteiger partial charge in [0.05, 0.1) is 19.5 Å². The molecule has 21 heavy (non-hydrogen) atoms. The van der Waals surface area contributed by atoms with Crippen LogP contribution in [0.5, 0.6) is 0 Å². The Morgan fingerprint density at radius 3 is 2.86 bits per heavy atom. The maximum Gasteiger partial charge on any atom is 0.247 e. The average Bonchev–Trinajstić information content (AvgIpc) is 3.02. The summed E-state index contributed by atoms with van der Waals surface area (Å²) in [6, 6.07) is 3.81. The lowest BCUT2D eigenvalue weighted by atomic mass is 10.1. The molecule has 2 atom stereocenters. The van der Waals surface area contributed by atoms with Gasteiger partial charge in [-0.1, -0.05) is 0 Å². The summed E-state index contributed by atoms with van der Waals surface area (Å²) in [4.78, 5) is 17.1. The number of amides is 1. The predicted molar refractivity (Wildman–Crippen MR) is 77.9 cm³/mol. The normalized spacial score (nSPS) is 25.8. The van der Waals surface area contributed by atoms with Crippen molar-refractivity contribution in [2.75, 3.05) is 45.9 Å². The summed E-state index contributed by atoms with van der Waals surface area (Å²) < 4.78 is 10.9. The second-order valence-corrected chi connectivity index (χ2v) is 5.71. The van der Waals surface area contributed by atoms with Gasteiger partial charge in [0.15, 0.2) is 0 Å². The van der Waals surface area contributed by atoms with E-state index in [4.69, 9.17) is 9.15 Å². The van der Waals surface area contributed by atoms with Crippen molar-refractivity contribution < 1.29 is 13.9 Å². The zero-order valence-electron chi connectivity index (χ0n) is 12.5. The fraction of sp³-hybridized carbons (Fsp3) is 0.667. The van der Waals surface area contributed by atoms with Gasteiger partial charge in [-0.15, -0.1) is 0 Å². The molecule has 2 saturated heterocycles. The molecule has 0 spiro atoms. The van der Waals surface area contributed by atoms with Gasteiger partial charge in [0.1, 0.15) is 11.8 Å². The Hall–Kier alpha value is -1.37. The Bertz CT molecular complexity index is 457. The van der Waals surface area contributed by atoms with Crippen LogP contribution < -0.4 is 5.32 Å². The van der Waals surface area contributed by atoms with Crippen molar-refractivity contribution in [2.24, 2.45) is 0 Å². The lowest BCUT2D eigenvalue weighted by Gasteiger charge is -2.39. The minimum absolute atomic E-state index is 0.127. The number of hydrogen-bond acceptors (Lipinski definition) is 5. The molecule has 1 N–H and O–H groups in total. The topological polar surface area (TPSA) is 58.0 Å². The van der Waals surface area contributed by atoms with E-state index in [1.807, 2.05) is 17.0 Å². The molecule has 3 rings (SSSR count). The Morgan fingerprint density at radius 1 is 1.38 bits per heavy atom. The second kappa shape index (κ2) is 6.60. The number of piperazine rings is 1. The predicted octanol–water partition coefficient (Wildman–Crippen LogP) is 0.473. The quantitative estimate of drug-likeness (QED) is 0.878. The zero-order chi connectivity index (χ0) is 14.7. The lowest BCUT2D eigenvalue weighted by Crippen LogP contribution is -2.54. The molecular formula is C15H23N3O3. The summed E-state index contributed by atoms with van der Waals surface area (Å²) in [7, 11) is 0. The van der Waals surface area contributed by atoms with Crippen molar-refractivity contribution in [1.29, 1.82) is 0 Å². The fourth-order valence-electron chi connectivity index (χ4n) is 3.06. The van der Waals surface area contributed by atoms with E-state index in [0.717, 1.165) is 25.4 Å². The van der Waals surface area contributed by atoms with E-state index in [1.54, 1.807) is 6.26 Å². The summed E-state index contributed by atoms with van der Waals surface area (Å²) in [6.45, 7) is 7.31. The standard InChI is InChI=1S/C15H23N3O3/c1-12-11-18(5-4-16-12)14(13-3-2-8-21-13)15(19)17-6-9-20-10-7-17/h2-3,8,12,14,16H,4-7,9-11H2,1H3. The van der Waals surface area contributed by atoms with E-state index in [-0.39, 0.29) is 11.9 Å². The first kappa shape index (κ1) is 14.6. The molecule has 3 heterocycles. The number of nitrogens with zero attached hydrogens (tertiary/aromatic N) is 2. The van der Waals surface area contributed by atoms with E-state index in [2.05, 4.69) is 17.1 Å². The molecule has 2 aliphatic rings. The summed E-state index contributed by atoms with van der Waals surface area (Å²) in [6.07, 6.45) is 1.64. The number of morpholine rings is 1. The van der Waals surface area contributed by atoms with Crippen LogP contribution in [-0.4, -0.2) is 67.7 Å².